The average Bonchev–Trinajstić information content (AvgIpc) is 3.02. The minimum absolute atomic E-state index is 0. The second-order valence-corrected chi connectivity index (χ2v) is 11.1. The third kappa shape index (κ3) is 6.94. The van der Waals surface area contributed by atoms with Crippen LogP contribution in [0.1, 0.15) is 1.43 Å². The van der Waals surface area contributed by atoms with Gasteiger partial charge in [-0.2, -0.15) is 171 Å². The molecule has 0 aliphatic carbocycles. The summed E-state index contributed by atoms with van der Waals surface area (Å²) in [6, 6.07) is 0. The molecule has 0 aliphatic rings. The summed E-state index contributed by atoms with van der Waals surface area (Å²) in [6.45, 7) is 0. The summed E-state index contributed by atoms with van der Waals surface area (Å²) in [5, 5.41) is 7.67. The quantitative estimate of drug-likeness (QED) is 0.110. The van der Waals surface area contributed by atoms with Crippen LogP contribution < -0.4 is 51.4 Å². The fraction of sp³-hybridized carbons (Fsp3) is 0.950. The van der Waals surface area contributed by atoms with Crippen molar-refractivity contribution in [2.45, 2.75) is 113 Å². The first-order valence-electron chi connectivity index (χ1n) is 12.5. The van der Waals surface area contributed by atoms with Crippen LogP contribution in [0.3, 0.4) is 0 Å². The van der Waals surface area contributed by atoms with Gasteiger partial charge < -0.3 is 6.53 Å². The molecule has 0 amide bonds. The molecule has 0 saturated heterocycles. The fourth-order valence-electron chi connectivity index (χ4n) is 3.47. The Kier molecular flexibility index (Phi) is 15.3. The Labute approximate surface area is 351 Å². The molecule has 42 heteroatoms. The summed E-state index contributed by atoms with van der Waals surface area (Å²) in [5.74, 6) is -184. The van der Waals surface area contributed by atoms with Gasteiger partial charge in [0.1, 0.15) is 0 Å². The van der Waals surface area contributed by atoms with Crippen LogP contribution in [0.4, 0.5) is 171 Å². The van der Waals surface area contributed by atoms with Crippen molar-refractivity contribution in [2.75, 3.05) is 0 Å². The largest absolute Gasteiger partial charge is 1.00 e. The van der Waals surface area contributed by atoms with E-state index in [2.05, 4.69) is 0 Å². The molecular weight excluding hydrogens is 1050 g/mol. The van der Waals surface area contributed by atoms with E-state index in [-0.39, 0.29) is 52.8 Å². The van der Waals surface area contributed by atoms with Crippen LogP contribution in [0, 0.1) is 0 Å². The van der Waals surface area contributed by atoms with Gasteiger partial charge in [0, 0.05) is 0 Å². The van der Waals surface area contributed by atoms with Crippen LogP contribution in [0.5, 0.6) is 0 Å². The van der Waals surface area contributed by atoms with E-state index in [4.69, 9.17) is 5.11 Å². The molecule has 0 spiro atoms. The molecule has 2 nitrogen and oxygen atoms in total. The van der Waals surface area contributed by atoms with E-state index in [9.17, 15) is 176 Å². The number of carbonyl (C=O) groups is 1. The molecule has 0 radical (unpaired) electrons. The Morgan fingerprint density at radius 2 is 0.323 bits per heavy atom. The van der Waals surface area contributed by atoms with E-state index in [1.165, 1.54) is 0 Å². The standard InChI is InChI=1S/C20HF39O2.K.H/c21-2(22,1(60)61)3(23,24)4(25,26)5(27,28)6(29,30)7(31,32)8(33,34)9(35,36)10(37,38)11(39,40)12(41,42)13(43,44)14(45,46)15(47,48)16(49,50)17(51,52)18(53,54)19(55,56)20(57,58)59;;/h(H,60,61);;/q;+1;-1. The molecule has 1 N–H and O–H groups in total. The van der Waals surface area contributed by atoms with Crippen molar-refractivity contribution < 1.29 is 234 Å². The molecule has 0 atom stereocenters. The van der Waals surface area contributed by atoms with E-state index in [1.54, 1.807) is 0 Å². The number of halogens is 39. The predicted molar refractivity (Wildman–Crippen MR) is 104 cm³/mol. The van der Waals surface area contributed by atoms with Gasteiger partial charge in [-0.05, 0) is 0 Å². The van der Waals surface area contributed by atoms with Crippen LogP contribution in [-0.4, -0.2) is 124 Å². The molecule has 0 saturated carbocycles. The summed E-state index contributed by atoms with van der Waals surface area (Å²) in [5.41, 5.74) is 0. The third-order valence-corrected chi connectivity index (χ3v) is 7.33. The molecule has 0 aromatic carbocycles. The van der Waals surface area contributed by atoms with Gasteiger partial charge in [0.2, 0.25) is 0 Å². The van der Waals surface area contributed by atoms with Crippen molar-refractivity contribution in [3.8, 4) is 0 Å². The molecule has 368 valence electrons. The van der Waals surface area contributed by atoms with Crippen molar-refractivity contribution in [2.24, 2.45) is 0 Å². The van der Waals surface area contributed by atoms with Crippen LogP contribution in [-0.2, 0) is 4.79 Å². The SMILES string of the molecule is O=C(O)C(F)(F)C(F)(F)C(F)(F)C(F)(F)C(F)(F)C(F)(F)C(F)(F)C(F)(F)C(F)(F)C(F)(F)C(F)(F)C(F)(F)C(F)(F)C(F)(F)C(F)(F)C(F)(F)C(F)(F)C(F)(F)C(F)(F)F.[H-].[K+]. The molecule has 0 heterocycles. The Morgan fingerprint density at radius 3 is 0.419 bits per heavy atom. The normalized spacial score (nSPS) is 17.0. The first-order chi connectivity index (χ1) is 25.4. The van der Waals surface area contributed by atoms with Gasteiger partial charge in [-0.3, -0.25) is 0 Å². The van der Waals surface area contributed by atoms with Gasteiger partial charge in [0.15, 0.2) is 0 Å². The van der Waals surface area contributed by atoms with Gasteiger partial charge in [-0.25, -0.2) is 4.79 Å². The Hall–Kier alpha value is -1.62. The number of aliphatic carboxylic acids is 1. The summed E-state index contributed by atoms with van der Waals surface area (Å²) in [7, 11) is 0. The van der Waals surface area contributed by atoms with Gasteiger partial charge in [-0.15, -0.1) is 0 Å². The predicted octanol–water partition coefficient (Wildman–Crippen LogP) is 9.19. The second kappa shape index (κ2) is 15.2. The molecule has 0 aliphatic heterocycles. The number of hydrogen-bond donors (Lipinski definition) is 1. The van der Waals surface area contributed by atoms with Crippen molar-refractivity contribution in [1.82, 2.24) is 0 Å². The van der Waals surface area contributed by atoms with E-state index >= 15 is 0 Å². The minimum atomic E-state index is -10.6. The zero-order valence-corrected chi connectivity index (χ0v) is 29.7. The first kappa shape index (κ1) is 62.5. The number of carboxylic acid groups (broad SMARTS) is 1. The van der Waals surface area contributed by atoms with E-state index in [0.29, 0.717) is 0 Å². The van der Waals surface area contributed by atoms with Crippen molar-refractivity contribution in [3.05, 3.63) is 0 Å². The monoisotopic (exact) mass is 1050 g/mol. The molecule has 62 heavy (non-hydrogen) atoms. The van der Waals surface area contributed by atoms with E-state index in [1.807, 2.05) is 0 Å². The zero-order valence-electron chi connectivity index (χ0n) is 27.6. The maximum absolute atomic E-state index is 13.9. The summed E-state index contributed by atoms with van der Waals surface area (Å²) < 4.78 is 526. The Bertz CT molecular complexity index is 1650. The van der Waals surface area contributed by atoms with Crippen molar-refractivity contribution in [3.63, 3.8) is 0 Å². The van der Waals surface area contributed by atoms with Crippen molar-refractivity contribution in [1.29, 1.82) is 0 Å². The first-order valence-corrected chi connectivity index (χ1v) is 12.5. The van der Waals surface area contributed by atoms with Gasteiger partial charge >= 0.3 is 170 Å². The number of rotatable bonds is 18. The molecule has 0 aromatic heterocycles. The zero-order chi connectivity index (χ0) is 51.1. The van der Waals surface area contributed by atoms with Gasteiger partial charge in [0.05, 0.1) is 0 Å². The van der Waals surface area contributed by atoms with Crippen LogP contribution >= 0.6 is 0 Å². The average molecular weight is 1050 g/mol. The summed E-state index contributed by atoms with van der Waals surface area (Å²) >= 11 is 0. The van der Waals surface area contributed by atoms with Crippen molar-refractivity contribution >= 4 is 5.97 Å². The Morgan fingerprint density at radius 1 is 0.226 bits per heavy atom. The number of alkyl halides is 39. The third-order valence-electron chi connectivity index (χ3n) is 7.33. The smallest absolute Gasteiger partial charge is 1.00 e. The molecule has 0 fully saturated rings. The van der Waals surface area contributed by atoms with Crippen LogP contribution in [0.15, 0.2) is 0 Å². The Balaban J connectivity index is -0.0000180. The van der Waals surface area contributed by atoms with E-state index < -0.39 is 119 Å². The number of carboxylic acids is 1. The summed E-state index contributed by atoms with van der Waals surface area (Å²) in [6.07, 6.45) is -8.51. The van der Waals surface area contributed by atoms with E-state index in [0.717, 1.165) is 0 Å². The maximum Gasteiger partial charge on any atom is 1.00 e. The topological polar surface area (TPSA) is 37.3 Å². The van der Waals surface area contributed by atoms with Crippen LogP contribution in [0.2, 0.25) is 0 Å². The molecule has 0 aromatic rings. The maximum atomic E-state index is 13.9. The number of hydrogen-bond acceptors (Lipinski definition) is 1. The molecule has 0 unspecified atom stereocenters. The fourth-order valence-corrected chi connectivity index (χ4v) is 3.47. The molecule has 0 rings (SSSR count). The second-order valence-electron chi connectivity index (χ2n) is 11.1. The molecular formula is C20H2F39KO2. The molecule has 0 bridgehead atoms. The summed E-state index contributed by atoms with van der Waals surface area (Å²) in [4.78, 5) is 9.97. The van der Waals surface area contributed by atoms with Gasteiger partial charge in [0.25, 0.3) is 0 Å². The van der Waals surface area contributed by atoms with Crippen LogP contribution in [0.25, 0.3) is 0 Å². The minimum Gasteiger partial charge on any atom is -1.00 e. The van der Waals surface area contributed by atoms with Gasteiger partial charge in [-0.1, -0.05) is 0 Å².